The van der Waals surface area contributed by atoms with Gasteiger partial charge in [-0.05, 0) is 23.2 Å². The van der Waals surface area contributed by atoms with E-state index in [4.69, 9.17) is 23.2 Å². The molecule has 0 radical (unpaired) electrons. The van der Waals surface area contributed by atoms with E-state index in [-0.39, 0.29) is 5.48 Å². The Kier molecular flexibility index (Phi) is 8.46. The molecule has 0 aliphatic heterocycles. The fraction of sp³-hybridized carbons (Fsp3) is 0. The average Bonchev–Trinajstić information content (AvgIpc) is 2.41. The predicted molar refractivity (Wildman–Crippen MR) is 76.9 cm³/mol. The first-order valence-corrected chi connectivity index (χ1v) is 5.86. The molecule has 3 nitrogen and oxygen atoms in total. The number of carbonyl (C=O) groups excluding carboxylic acids is 2. The molecule has 2 rings (SSSR count). The second kappa shape index (κ2) is 9.28. The summed E-state index contributed by atoms with van der Waals surface area (Å²) in [6, 6.07) is 17.5. The van der Waals surface area contributed by atoms with Crippen molar-refractivity contribution in [2.24, 2.45) is 0 Å². The van der Waals surface area contributed by atoms with E-state index < -0.39 is 10.5 Å². The Morgan fingerprint density at radius 3 is 1.05 bits per heavy atom. The second-order valence-corrected chi connectivity index (χ2v) is 3.97. The van der Waals surface area contributed by atoms with E-state index in [0.717, 1.165) is 0 Å². The van der Waals surface area contributed by atoms with Gasteiger partial charge < -0.3 is 5.48 Å². The zero-order chi connectivity index (χ0) is 13.4. The summed E-state index contributed by atoms with van der Waals surface area (Å²) in [6.07, 6.45) is 0. The van der Waals surface area contributed by atoms with Crippen LogP contribution < -0.4 is 0 Å². The third kappa shape index (κ3) is 6.72. The normalized spacial score (nSPS) is 8.53. The van der Waals surface area contributed by atoms with E-state index in [1.807, 2.05) is 12.1 Å². The lowest BCUT2D eigenvalue weighted by Gasteiger charge is -1.87. The van der Waals surface area contributed by atoms with Gasteiger partial charge in [0.15, 0.2) is 0 Å². The summed E-state index contributed by atoms with van der Waals surface area (Å²) in [4.78, 5) is 20.8. The molecule has 0 amide bonds. The Balaban J connectivity index is 0.000000324. The lowest BCUT2D eigenvalue weighted by molar-refractivity contribution is 0.107. The van der Waals surface area contributed by atoms with Crippen LogP contribution >= 0.6 is 23.2 Å². The third-order valence-electron chi connectivity index (χ3n) is 2.00. The van der Waals surface area contributed by atoms with Crippen molar-refractivity contribution in [3.63, 3.8) is 0 Å². The first kappa shape index (κ1) is 17.3. The van der Waals surface area contributed by atoms with Gasteiger partial charge >= 0.3 is 0 Å². The monoisotopic (exact) mass is 298 g/mol. The number of rotatable bonds is 2. The van der Waals surface area contributed by atoms with E-state index in [1.54, 1.807) is 48.5 Å². The second-order valence-electron chi connectivity index (χ2n) is 3.28. The minimum absolute atomic E-state index is 0. The van der Waals surface area contributed by atoms with Gasteiger partial charge in [-0.25, -0.2) is 0 Å². The summed E-state index contributed by atoms with van der Waals surface area (Å²) >= 11 is 10.3. The summed E-state index contributed by atoms with van der Waals surface area (Å²) in [6.45, 7) is 0. The number of hydrogen-bond acceptors (Lipinski definition) is 2. The molecule has 0 saturated carbocycles. The maximum Gasteiger partial charge on any atom is 0.252 e. The molecule has 0 aliphatic carbocycles. The highest BCUT2D eigenvalue weighted by molar-refractivity contribution is 6.68. The fourth-order valence-corrected chi connectivity index (χ4v) is 1.39. The average molecular weight is 299 g/mol. The molecule has 100 valence electrons. The smallest absolute Gasteiger partial charge is 0.252 e. The van der Waals surface area contributed by atoms with Gasteiger partial charge in [-0.3, -0.25) is 9.59 Å². The fourth-order valence-electron chi connectivity index (χ4n) is 1.14. The number of halogens is 2. The Morgan fingerprint density at radius 2 is 0.895 bits per heavy atom. The molecule has 5 heteroatoms. The van der Waals surface area contributed by atoms with Gasteiger partial charge in [0.1, 0.15) is 0 Å². The topological polar surface area (TPSA) is 65.6 Å². The van der Waals surface area contributed by atoms with Crippen LogP contribution in [-0.4, -0.2) is 16.0 Å². The molecule has 2 aromatic rings. The van der Waals surface area contributed by atoms with Crippen molar-refractivity contribution in [1.29, 1.82) is 0 Å². The minimum atomic E-state index is -0.407. The zero-order valence-corrected chi connectivity index (χ0v) is 11.4. The van der Waals surface area contributed by atoms with E-state index in [1.165, 1.54) is 0 Å². The lowest BCUT2D eigenvalue weighted by Crippen LogP contribution is -1.84. The number of benzene rings is 2. The zero-order valence-electron chi connectivity index (χ0n) is 9.85. The van der Waals surface area contributed by atoms with Gasteiger partial charge in [-0.2, -0.15) is 0 Å². The Labute approximate surface area is 121 Å². The summed E-state index contributed by atoms with van der Waals surface area (Å²) in [5.74, 6) is 0. The molecular weight excluding hydrogens is 287 g/mol. The molecule has 0 fully saturated rings. The van der Waals surface area contributed by atoms with Crippen molar-refractivity contribution in [1.82, 2.24) is 0 Å². The maximum absolute atomic E-state index is 10.4. The van der Waals surface area contributed by atoms with Crippen LogP contribution in [0.1, 0.15) is 20.7 Å². The molecular formula is C14H12Cl2O3. The highest BCUT2D eigenvalue weighted by Crippen LogP contribution is 2.01. The summed E-state index contributed by atoms with van der Waals surface area (Å²) in [5.41, 5.74) is 1.08. The quantitative estimate of drug-likeness (QED) is 0.798. The molecule has 2 N–H and O–H groups in total. The molecule has 0 spiro atoms. The van der Waals surface area contributed by atoms with Crippen molar-refractivity contribution in [3.05, 3.63) is 71.8 Å². The van der Waals surface area contributed by atoms with Crippen LogP contribution in [0.25, 0.3) is 0 Å². The highest BCUT2D eigenvalue weighted by atomic mass is 35.5. The molecule has 0 atom stereocenters. The standard InChI is InChI=1S/2C7H5ClO.H2O/c2*8-7(9)6-4-2-1-3-5-6;/h2*1-5H;1H2. The predicted octanol–water partition coefficient (Wildman–Crippen LogP) is 3.31. The molecule has 19 heavy (non-hydrogen) atoms. The van der Waals surface area contributed by atoms with Crippen molar-refractivity contribution >= 4 is 33.7 Å². The van der Waals surface area contributed by atoms with E-state index in [9.17, 15) is 9.59 Å². The van der Waals surface area contributed by atoms with Gasteiger partial charge in [-0.1, -0.05) is 60.7 Å². The largest absolute Gasteiger partial charge is 0.412 e. The molecule has 0 bridgehead atoms. The SMILES string of the molecule is O.O=C(Cl)c1ccccc1.O=C(Cl)c1ccccc1. The van der Waals surface area contributed by atoms with Gasteiger partial charge in [0.2, 0.25) is 0 Å². The van der Waals surface area contributed by atoms with E-state index >= 15 is 0 Å². The van der Waals surface area contributed by atoms with E-state index in [2.05, 4.69) is 0 Å². The first-order valence-electron chi connectivity index (χ1n) is 5.11. The van der Waals surface area contributed by atoms with Crippen LogP contribution in [-0.2, 0) is 0 Å². The van der Waals surface area contributed by atoms with Crippen molar-refractivity contribution < 1.29 is 15.1 Å². The minimum Gasteiger partial charge on any atom is -0.412 e. The van der Waals surface area contributed by atoms with Crippen molar-refractivity contribution in [3.8, 4) is 0 Å². The number of hydrogen-bond donors (Lipinski definition) is 0. The van der Waals surface area contributed by atoms with Crippen LogP contribution in [0.5, 0.6) is 0 Å². The Hall–Kier alpha value is -1.68. The van der Waals surface area contributed by atoms with Gasteiger partial charge in [0.05, 0.1) is 0 Å². The molecule has 0 heterocycles. The van der Waals surface area contributed by atoms with Crippen LogP contribution in [0.15, 0.2) is 60.7 Å². The lowest BCUT2D eigenvalue weighted by atomic mass is 10.2. The van der Waals surface area contributed by atoms with Crippen molar-refractivity contribution in [2.75, 3.05) is 0 Å². The summed E-state index contributed by atoms with van der Waals surface area (Å²) in [7, 11) is 0. The molecule has 0 saturated heterocycles. The Bertz CT molecular complexity index is 463. The van der Waals surface area contributed by atoms with Crippen molar-refractivity contribution in [2.45, 2.75) is 0 Å². The molecule has 2 aromatic carbocycles. The van der Waals surface area contributed by atoms with E-state index in [0.29, 0.717) is 11.1 Å². The van der Waals surface area contributed by atoms with Crippen LogP contribution in [0.3, 0.4) is 0 Å². The third-order valence-corrected chi connectivity index (χ3v) is 2.44. The molecule has 0 aliphatic rings. The Morgan fingerprint density at radius 1 is 0.632 bits per heavy atom. The summed E-state index contributed by atoms with van der Waals surface area (Å²) in [5, 5.41) is -0.814. The molecule has 0 aromatic heterocycles. The number of carbonyl (C=O) groups is 2. The van der Waals surface area contributed by atoms with Gasteiger partial charge in [0, 0.05) is 11.1 Å². The first-order chi connectivity index (χ1) is 8.61. The highest BCUT2D eigenvalue weighted by Gasteiger charge is 1.96. The summed E-state index contributed by atoms with van der Waals surface area (Å²) < 4.78 is 0. The molecule has 0 unspecified atom stereocenters. The maximum atomic E-state index is 10.4. The van der Waals surface area contributed by atoms with Crippen LogP contribution in [0.4, 0.5) is 0 Å². The van der Waals surface area contributed by atoms with Gasteiger partial charge in [-0.15, -0.1) is 0 Å². The van der Waals surface area contributed by atoms with Crippen LogP contribution in [0.2, 0.25) is 0 Å². The van der Waals surface area contributed by atoms with Crippen LogP contribution in [0, 0.1) is 0 Å². The van der Waals surface area contributed by atoms with Gasteiger partial charge in [0.25, 0.3) is 10.5 Å².